The summed E-state index contributed by atoms with van der Waals surface area (Å²) in [4.78, 5) is 36.5. The minimum Gasteiger partial charge on any atom is -0.465 e. The number of anilines is 1. The van der Waals surface area contributed by atoms with Crippen molar-refractivity contribution < 1.29 is 14.3 Å². The fraction of sp³-hybridized carbons (Fsp3) is 0.176. The fourth-order valence-corrected chi connectivity index (χ4v) is 3.28. The summed E-state index contributed by atoms with van der Waals surface area (Å²) in [5.74, 6) is -0.837. The van der Waals surface area contributed by atoms with E-state index in [1.54, 1.807) is 42.8 Å². The number of methoxy groups -OCH3 is 1. The Morgan fingerprint density at radius 1 is 1.24 bits per heavy atom. The van der Waals surface area contributed by atoms with Crippen LogP contribution >= 0.6 is 11.3 Å². The molecule has 0 atom stereocenters. The third-order valence-corrected chi connectivity index (χ3v) is 4.57. The van der Waals surface area contributed by atoms with E-state index in [1.165, 1.54) is 23.1 Å². The largest absolute Gasteiger partial charge is 0.465 e. The zero-order valence-corrected chi connectivity index (χ0v) is 14.4. The van der Waals surface area contributed by atoms with Crippen LogP contribution in [0.1, 0.15) is 15.4 Å². The first-order valence-electron chi connectivity index (χ1n) is 7.42. The van der Waals surface area contributed by atoms with Gasteiger partial charge in [-0.2, -0.15) is 5.10 Å². The van der Waals surface area contributed by atoms with Gasteiger partial charge in [0.2, 0.25) is 5.91 Å². The molecule has 0 radical (unpaired) electrons. The second-order valence-corrected chi connectivity index (χ2v) is 6.22. The van der Waals surface area contributed by atoms with E-state index < -0.39 is 5.97 Å². The number of esters is 1. The number of carbonyl (C=O) groups excluding carboxylic acids is 2. The number of ether oxygens (including phenoxy) is 1. The standard InChI is InChI=1S/C17H15N3O4S/c1-20-16(22)11-6-4-3-5-10(11)13(19-20)9-14(21)18-12-7-8-25-15(12)17(23)24-2/h3-8H,9H2,1-2H3,(H,18,21). The summed E-state index contributed by atoms with van der Waals surface area (Å²) >= 11 is 1.19. The monoisotopic (exact) mass is 357 g/mol. The van der Waals surface area contributed by atoms with E-state index in [1.807, 2.05) is 0 Å². The highest BCUT2D eigenvalue weighted by Gasteiger charge is 2.17. The van der Waals surface area contributed by atoms with Crippen LogP contribution in [-0.2, 0) is 23.0 Å². The quantitative estimate of drug-likeness (QED) is 0.721. The highest BCUT2D eigenvalue weighted by Crippen LogP contribution is 2.23. The molecule has 0 spiro atoms. The molecule has 1 aromatic carbocycles. The summed E-state index contributed by atoms with van der Waals surface area (Å²) in [6.07, 6.45) is -0.0227. The lowest BCUT2D eigenvalue weighted by atomic mass is 10.1. The van der Waals surface area contributed by atoms with Gasteiger partial charge in [0, 0.05) is 12.4 Å². The molecule has 0 saturated carbocycles. The number of nitrogens with one attached hydrogen (secondary N) is 1. The molecule has 0 bridgehead atoms. The van der Waals surface area contributed by atoms with E-state index in [4.69, 9.17) is 4.74 Å². The zero-order valence-electron chi connectivity index (χ0n) is 13.6. The second-order valence-electron chi connectivity index (χ2n) is 5.30. The molecule has 2 aromatic heterocycles. The maximum Gasteiger partial charge on any atom is 0.350 e. The van der Waals surface area contributed by atoms with Crippen molar-refractivity contribution in [1.82, 2.24) is 9.78 Å². The Hall–Kier alpha value is -3.00. The van der Waals surface area contributed by atoms with Crippen molar-refractivity contribution in [2.75, 3.05) is 12.4 Å². The van der Waals surface area contributed by atoms with E-state index in [2.05, 4.69) is 10.4 Å². The molecule has 1 amide bonds. The average Bonchev–Trinajstić information content (AvgIpc) is 3.06. The molecule has 0 aliphatic carbocycles. The predicted octanol–water partition coefficient (Wildman–Crippen LogP) is 1.96. The number of hydrogen-bond donors (Lipinski definition) is 1. The number of carbonyl (C=O) groups is 2. The van der Waals surface area contributed by atoms with Crippen LogP contribution in [0.3, 0.4) is 0 Å². The Morgan fingerprint density at radius 3 is 2.68 bits per heavy atom. The van der Waals surface area contributed by atoms with Gasteiger partial charge in [0.1, 0.15) is 4.88 Å². The Balaban J connectivity index is 1.89. The maximum absolute atomic E-state index is 12.4. The van der Waals surface area contributed by atoms with Gasteiger partial charge in [0.15, 0.2) is 0 Å². The number of aromatic nitrogens is 2. The van der Waals surface area contributed by atoms with E-state index in [0.717, 1.165) is 0 Å². The van der Waals surface area contributed by atoms with Gasteiger partial charge in [-0.15, -0.1) is 11.3 Å². The number of amides is 1. The van der Waals surface area contributed by atoms with Crippen LogP contribution in [-0.4, -0.2) is 28.8 Å². The van der Waals surface area contributed by atoms with Crippen molar-refractivity contribution in [3.63, 3.8) is 0 Å². The molecule has 0 aliphatic heterocycles. The molecule has 3 aromatic rings. The van der Waals surface area contributed by atoms with Gasteiger partial charge in [-0.3, -0.25) is 9.59 Å². The number of hydrogen-bond acceptors (Lipinski definition) is 6. The minimum absolute atomic E-state index is 0.0227. The van der Waals surface area contributed by atoms with Gasteiger partial charge in [-0.25, -0.2) is 9.48 Å². The highest BCUT2D eigenvalue weighted by atomic mass is 32.1. The molecule has 8 heteroatoms. The third-order valence-electron chi connectivity index (χ3n) is 3.67. The van der Waals surface area contributed by atoms with Crippen LogP contribution in [0.15, 0.2) is 40.5 Å². The molecule has 0 unspecified atom stereocenters. The molecule has 3 rings (SSSR count). The van der Waals surface area contributed by atoms with E-state index in [-0.39, 0.29) is 17.9 Å². The van der Waals surface area contributed by atoms with Crippen LogP contribution in [0.25, 0.3) is 10.8 Å². The first-order chi connectivity index (χ1) is 12.0. The Morgan fingerprint density at radius 2 is 1.96 bits per heavy atom. The van der Waals surface area contributed by atoms with E-state index >= 15 is 0 Å². The molecule has 7 nitrogen and oxygen atoms in total. The summed E-state index contributed by atoms with van der Waals surface area (Å²) in [5, 5.41) is 9.74. The van der Waals surface area contributed by atoms with Gasteiger partial charge in [0.05, 0.1) is 30.3 Å². The van der Waals surface area contributed by atoms with Crippen molar-refractivity contribution in [2.24, 2.45) is 7.05 Å². The SMILES string of the molecule is COC(=O)c1sccc1NC(=O)Cc1nn(C)c(=O)c2ccccc12. The van der Waals surface area contributed by atoms with Crippen molar-refractivity contribution in [3.8, 4) is 0 Å². The second kappa shape index (κ2) is 6.86. The minimum atomic E-state index is -0.504. The van der Waals surface area contributed by atoms with Crippen molar-refractivity contribution in [3.05, 3.63) is 56.6 Å². The van der Waals surface area contributed by atoms with Crippen LogP contribution in [0.5, 0.6) is 0 Å². The van der Waals surface area contributed by atoms with E-state index in [9.17, 15) is 14.4 Å². The number of fused-ring (bicyclic) bond motifs is 1. The van der Waals surface area contributed by atoms with Gasteiger partial charge in [-0.1, -0.05) is 18.2 Å². The number of aryl methyl sites for hydroxylation is 1. The summed E-state index contributed by atoms with van der Waals surface area (Å²) < 4.78 is 5.91. The van der Waals surface area contributed by atoms with Gasteiger partial charge in [-0.05, 0) is 17.5 Å². The molecule has 0 fully saturated rings. The lowest BCUT2D eigenvalue weighted by molar-refractivity contribution is -0.115. The van der Waals surface area contributed by atoms with Crippen molar-refractivity contribution in [1.29, 1.82) is 0 Å². The van der Waals surface area contributed by atoms with Gasteiger partial charge >= 0.3 is 5.97 Å². The summed E-state index contributed by atoms with van der Waals surface area (Å²) in [6.45, 7) is 0. The fourth-order valence-electron chi connectivity index (χ4n) is 2.51. The Kier molecular flexibility index (Phi) is 4.62. The predicted molar refractivity (Wildman–Crippen MR) is 95.0 cm³/mol. The lowest BCUT2D eigenvalue weighted by Crippen LogP contribution is -2.24. The first kappa shape index (κ1) is 16.8. The average molecular weight is 357 g/mol. The van der Waals surface area contributed by atoms with Crippen molar-refractivity contribution >= 4 is 39.7 Å². The van der Waals surface area contributed by atoms with Crippen LogP contribution in [0.4, 0.5) is 5.69 Å². The first-order valence-corrected chi connectivity index (χ1v) is 8.30. The number of thiophene rings is 1. The third kappa shape index (κ3) is 3.29. The number of nitrogens with zero attached hydrogens (tertiary/aromatic N) is 2. The number of benzene rings is 1. The van der Waals surface area contributed by atoms with Gasteiger partial charge in [0.25, 0.3) is 5.56 Å². The topological polar surface area (TPSA) is 90.3 Å². The van der Waals surface area contributed by atoms with E-state index in [0.29, 0.717) is 27.0 Å². The summed E-state index contributed by atoms with van der Waals surface area (Å²) in [7, 11) is 2.83. The summed E-state index contributed by atoms with van der Waals surface area (Å²) in [6, 6.07) is 8.66. The van der Waals surface area contributed by atoms with Crippen LogP contribution in [0.2, 0.25) is 0 Å². The molecule has 0 aliphatic rings. The molecule has 0 saturated heterocycles. The van der Waals surface area contributed by atoms with Crippen LogP contribution < -0.4 is 10.9 Å². The summed E-state index contributed by atoms with van der Waals surface area (Å²) in [5.41, 5.74) is 0.673. The Bertz CT molecular complexity index is 1020. The molecule has 128 valence electrons. The molecular weight excluding hydrogens is 342 g/mol. The normalized spacial score (nSPS) is 10.6. The molecule has 25 heavy (non-hydrogen) atoms. The zero-order chi connectivity index (χ0) is 18.0. The molecule has 2 heterocycles. The highest BCUT2D eigenvalue weighted by molar-refractivity contribution is 7.12. The lowest BCUT2D eigenvalue weighted by Gasteiger charge is -2.09. The van der Waals surface area contributed by atoms with Crippen molar-refractivity contribution in [2.45, 2.75) is 6.42 Å². The maximum atomic E-state index is 12.4. The smallest absolute Gasteiger partial charge is 0.350 e. The van der Waals surface area contributed by atoms with Crippen LogP contribution in [0, 0.1) is 0 Å². The van der Waals surface area contributed by atoms with Gasteiger partial charge < -0.3 is 10.1 Å². The molecule has 1 N–H and O–H groups in total. The molecular formula is C17H15N3O4S. The number of rotatable bonds is 4. The Labute approximate surface area is 146 Å².